The van der Waals surface area contributed by atoms with Crippen molar-refractivity contribution in [1.29, 1.82) is 0 Å². The third-order valence-corrected chi connectivity index (χ3v) is 4.88. The molecule has 28 heavy (non-hydrogen) atoms. The number of esters is 1. The normalized spacial score (nSPS) is 11.5. The van der Waals surface area contributed by atoms with E-state index in [1.54, 1.807) is 24.3 Å². The van der Waals surface area contributed by atoms with Gasteiger partial charge in [-0.05, 0) is 29.8 Å². The molecule has 144 valence electrons. The molecule has 7 nitrogen and oxygen atoms in total. The third kappa shape index (κ3) is 4.86. The SMILES string of the molecule is COC(=O)C(Cc1ccccc1)NC(=O)c1ccc(NC(=O)c2ccco2)s1. The topological polar surface area (TPSA) is 97.6 Å². The lowest BCUT2D eigenvalue weighted by atomic mass is 10.1. The number of hydrogen-bond acceptors (Lipinski definition) is 6. The van der Waals surface area contributed by atoms with Crippen molar-refractivity contribution in [3.8, 4) is 0 Å². The second kappa shape index (κ2) is 9.01. The average molecular weight is 398 g/mol. The number of anilines is 1. The molecule has 2 aromatic heterocycles. The Hall–Kier alpha value is -3.39. The summed E-state index contributed by atoms with van der Waals surface area (Å²) >= 11 is 1.10. The van der Waals surface area contributed by atoms with E-state index >= 15 is 0 Å². The second-order valence-electron chi connectivity index (χ2n) is 5.83. The molecule has 0 bridgehead atoms. The van der Waals surface area contributed by atoms with Crippen LogP contribution < -0.4 is 10.6 Å². The van der Waals surface area contributed by atoms with Gasteiger partial charge in [0.15, 0.2) is 5.76 Å². The first kappa shape index (κ1) is 19.4. The summed E-state index contributed by atoms with van der Waals surface area (Å²) < 4.78 is 9.83. The Morgan fingerprint density at radius 3 is 2.50 bits per heavy atom. The van der Waals surface area contributed by atoms with Gasteiger partial charge in [-0.15, -0.1) is 11.3 Å². The van der Waals surface area contributed by atoms with Gasteiger partial charge in [0.05, 0.1) is 23.3 Å². The molecule has 1 unspecified atom stereocenters. The van der Waals surface area contributed by atoms with Gasteiger partial charge in [-0.1, -0.05) is 30.3 Å². The molecule has 0 spiro atoms. The summed E-state index contributed by atoms with van der Waals surface area (Å²) in [5, 5.41) is 5.84. The maximum absolute atomic E-state index is 12.6. The quantitative estimate of drug-likeness (QED) is 0.596. The van der Waals surface area contributed by atoms with E-state index in [9.17, 15) is 14.4 Å². The van der Waals surface area contributed by atoms with Crippen molar-refractivity contribution < 1.29 is 23.5 Å². The number of nitrogens with one attached hydrogen (secondary N) is 2. The van der Waals surface area contributed by atoms with Gasteiger partial charge in [-0.3, -0.25) is 9.59 Å². The number of hydrogen-bond donors (Lipinski definition) is 2. The Morgan fingerprint density at radius 1 is 1.04 bits per heavy atom. The van der Waals surface area contributed by atoms with Crippen LogP contribution in [0.3, 0.4) is 0 Å². The van der Waals surface area contributed by atoms with Crippen LogP contribution in [0.4, 0.5) is 5.00 Å². The van der Waals surface area contributed by atoms with E-state index in [1.807, 2.05) is 30.3 Å². The maximum Gasteiger partial charge on any atom is 0.328 e. The van der Waals surface area contributed by atoms with Crippen LogP contribution in [0.25, 0.3) is 0 Å². The van der Waals surface area contributed by atoms with Crippen molar-refractivity contribution >= 4 is 34.1 Å². The number of benzene rings is 1. The number of methoxy groups -OCH3 is 1. The molecule has 0 aliphatic heterocycles. The zero-order valence-electron chi connectivity index (χ0n) is 15.0. The molecule has 1 aromatic carbocycles. The second-order valence-corrected chi connectivity index (χ2v) is 6.92. The molecule has 0 aliphatic carbocycles. The van der Waals surface area contributed by atoms with Crippen molar-refractivity contribution in [3.63, 3.8) is 0 Å². The monoisotopic (exact) mass is 398 g/mol. The van der Waals surface area contributed by atoms with Crippen molar-refractivity contribution in [3.05, 3.63) is 77.1 Å². The molecule has 0 saturated carbocycles. The minimum absolute atomic E-state index is 0.174. The van der Waals surface area contributed by atoms with Gasteiger partial charge in [-0.2, -0.15) is 0 Å². The maximum atomic E-state index is 12.6. The molecule has 0 radical (unpaired) electrons. The van der Waals surface area contributed by atoms with Crippen LogP contribution in [0.5, 0.6) is 0 Å². The van der Waals surface area contributed by atoms with Gasteiger partial charge in [-0.25, -0.2) is 4.79 Å². The first-order valence-electron chi connectivity index (χ1n) is 8.44. The number of thiophene rings is 1. The summed E-state index contributed by atoms with van der Waals surface area (Å²) in [6.07, 6.45) is 1.72. The summed E-state index contributed by atoms with van der Waals surface area (Å²) in [6.45, 7) is 0. The first-order valence-corrected chi connectivity index (χ1v) is 9.26. The zero-order valence-corrected chi connectivity index (χ0v) is 15.8. The van der Waals surface area contributed by atoms with Crippen molar-refractivity contribution in [2.24, 2.45) is 0 Å². The molecule has 0 saturated heterocycles. The highest BCUT2D eigenvalue weighted by atomic mass is 32.1. The highest BCUT2D eigenvalue weighted by Gasteiger charge is 2.23. The predicted molar refractivity (Wildman–Crippen MR) is 104 cm³/mol. The number of rotatable bonds is 7. The van der Waals surface area contributed by atoms with Crippen molar-refractivity contribution in [2.45, 2.75) is 12.5 Å². The minimum Gasteiger partial charge on any atom is -0.467 e. The molecule has 0 fully saturated rings. The third-order valence-electron chi connectivity index (χ3n) is 3.89. The van der Waals surface area contributed by atoms with Gasteiger partial charge in [0.25, 0.3) is 11.8 Å². The highest BCUT2D eigenvalue weighted by molar-refractivity contribution is 7.18. The molecular formula is C20H18N2O5S. The minimum atomic E-state index is -0.817. The molecular weight excluding hydrogens is 380 g/mol. The average Bonchev–Trinajstić information content (AvgIpc) is 3.40. The van der Waals surface area contributed by atoms with E-state index in [0.717, 1.165) is 16.9 Å². The van der Waals surface area contributed by atoms with E-state index in [-0.39, 0.29) is 5.76 Å². The number of furan rings is 1. The lowest BCUT2D eigenvalue weighted by Gasteiger charge is -2.16. The molecule has 8 heteroatoms. The van der Waals surface area contributed by atoms with Crippen LogP contribution in [-0.4, -0.2) is 30.9 Å². The van der Waals surface area contributed by atoms with E-state index in [1.165, 1.54) is 13.4 Å². The predicted octanol–water partition coefficient (Wildman–Crippen LogP) is 3.11. The fourth-order valence-corrected chi connectivity index (χ4v) is 3.33. The van der Waals surface area contributed by atoms with E-state index in [2.05, 4.69) is 10.6 Å². The van der Waals surface area contributed by atoms with E-state index in [0.29, 0.717) is 16.3 Å². The van der Waals surface area contributed by atoms with Gasteiger partial charge >= 0.3 is 5.97 Å². The van der Waals surface area contributed by atoms with Crippen molar-refractivity contribution in [2.75, 3.05) is 12.4 Å². The Kier molecular flexibility index (Phi) is 6.23. The summed E-state index contributed by atoms with van der Waals surface area (Å²) in [5.74, 6) is -1.18. The number of amides is 2. The molecule has 0 aliphatic rings. The van der Waals surface area contributed by atoms with Crippen LogP contribution in [-0.2, 0) is 16.0 Å². The number of ether oxygens (including phenoxy) is 1. The number of carbonyl (C=O) groups excluding carboxylic acids is 3. The summed E-state index contributed by atoms with van der Waals surface area (Å²) in [6, 6.07) is 14.9. The Morgan fingerprint density at radius 2 is 1.82 bits per heavy atom. The van der Waals surface area contributed by atoms with Crippen LogP contribution >= 0.6 is 11.3 Å². The largest absolute Gasteiger partial charge is 0.467 e. The summed E-state index contributed by atoms with van der Waals surface area (Å²) in [4.78, 5) is 37.0. The standard InChI is InChI=1S/C20H18N2O5S/c1-26-20(25)14(12-13-6-3-2-4-7-13)21-19(24)16-9-10-17(28-16)22-18(23)15-8-5-11-27-15/h2-11,14H,12H2,1H3,(H,21,24)(H,22,23). The molecule has 2 amide bonds. The smallest absolute Gasteiger partial charge is 0.328 e. The Labute approximate surface area is 165 Å². The van der Waals surface area contributed by atoms with Crippen LogP contribution in [0.2, 0.25) is 0 Å². The lowest BCUT2D eigenvalue weighted by molar-refractivity contribution is -0.142. The summed E-state index contributed by atoms with van der Waals surface area (Å²) in [7, 11) is 1.28. The fraction of sp³-hybridized carbons (Fsp3) is 0.150. The molecule has 3 aromatic rings. The molecule has 3 rings (SSSR count). The molecule has 2 N–H and O–H groups in total. The van der Waals surface area contributed by atoms with Crippen LogP contribution in [0, 0.1) is 0 Å². The van der Waals surface area contributed by atoms with Gasteiger partial charge < -0.3 is 19.8 Å². The van der Waals surface area contributed by atoms with E-state index < -0.39 is 23.8 Å². The van der Waals surface area contributed by atoms with Gasteiger partial charge in [0, 0.05) is 6.42 Å². The molecule has 2 heterocycles. The fourth-order valence-electron chi connectivity index (χ4n) is 2.52. The first-order chi connectivity index (χ1) is 13.6. The molecule has 1 atom stereocenters. The van der Waals surface area contributed by atoms with Crippen LogP contribution in [0.15, 0.2) is 65.3 Å². The highest BCUT2D eigenvalue weighted by Crippen LogP contribution is 2.23. The number of carbonyl (C=O) groups is 3. The van der Waals surface area contributed by atoms with E-state index in [4.69, 9.17) is 9.15 Å². The van der Waals surface area contributed by atoms with Gasteiger partial charge in [0.2, 0.25) is 0 Å². The summed E-state index contributed by atoms with van der Waals surface area (Å²) in [5.41, 5.74) is 0.899. The van der Waals surface area contributed by atoms with Crippen molar-refractivity contribution in [1.82, 2.24) is 5.32 Å². The Balaban J connectivity index is 1.66. The van der Waals surface area contributed by atoms with Gasteiger partial charge in [0.1, 0.15) is 6.04 Å². The Bertz CT molecular complexity index is 950. The lowest BCUT2D eigenvalue weighted by Crippen LogP contribution is -2.42. The van der Waals surface area contributed by atoms with Crippen LogP contribution in [0.1, 0.15) is 25.8 Å². The zero-order chi connectivity index (χ0) is 19.9.